The van der Waals surface area contributed by atoms with Crippen LogP contribution in [0.1, 0.15) is 38.5 Å². The van der Waals surface area contributed by atoms with Crippen molar-refractivity contribution in [2.45, 2.75) is 44.6 Å². The van der Waals surface area contributed by atoms with Crippen molar-refractivity contribution in [3.8, 4) is 0 Å². The Morgan fingerprint density at radius 2 is 1.92 bits per heavy atom. The topological polar surface area (TPSA) is 58.6 Å². The Kier molecular flexibility index (Phi) is 4.39. The molecule has 2 aliphatic heterocycles. The maximum absolute atomic E-state index is 12.9. The molecular formula is C18H26N4O2. The molecule has 1 spiro atoms. The van der Waals surface area contributed by atoms with Gasteiger partial charge in [-0.25, -0.2) is 9.97 Å². The third-order valence-corrected chi connectivity index (χ3v) is 5.84. The van der Waals surface area contributed by atoms with Crippen LogP contribution >= 0.6 is 0 Å². The highest BCUT2D eigenvalue weighted by Crippen LogP contribution is 2.43. The van der Waals surface area contributed by atoms with E-state index in [1.165, 1.54) is 32.1 Å². The van der Waals surface area contributed by atoms with Crippen molar-refractivity contribution in [1.82, 2.24) is 14.9 Å². The van der Waals surface area contributed by atoms with Gasteiger partial charge in [-0.05, 0) is 30.7 Å². The zero-order chi connectivity index (χ0) is 16.4. The summed E-state index contributed by atoms with van der Waals surface area (Å²) in [4.78, 5) is 25.6. The summed E-state index contributed by atoms with van der Waals surface area (Å²) >= 11 is 0. The van der Waals surface area contributed by atoms with Gasteiger partial charge in [0.2, 0.25) is 5.95 Å². The van der Waals surface area contributed by atoms with Crippen LogP contribution in [0.2, 0.25) is 0 Å². The minimum atomic E-state index is -0.388. The lowest BCUT2D eigenvalue weighted by atomic mass is 9.73. The van der Waals surface area contributed by atoms with Gasteiger partial charge in [0.1, 0.15) is 0 Å². The predicted molar refractivity (Wildman–Crippen MR) is 90.7 cm³/mol. The van der Waals surface area contributed by atoms with Gasteiger partial charge in [0.15, 0.2) is 6.10 Å². The summed E-state index contributed by atoms with van der Waals surface area (Å²) in [6.07, 6.45) is 10.8. The van der Waals surface area contributed by atoms with E-state index >= 15 is 0 Å². The molecule has 0 radical (unpaired) electrons. The quantitative estimate of drug-likeness (QED) is 0.828. The van der Waals surface area contributed by atoms with Gasteiger partial charge in [0.25, 0.3) is 5.91 Å². The molecule has 6 heteroatoms. The lowest BCUT2D eigenvalue weighted by molar-refractivity contribution is -0.143. The number of amides is 1. The maximum atomic E-state index is 12.9. The highest BCUT2D eigenvalue weighted by atomic mass is 16.5. The van der Waals surface area contributed by atoms with E-state index in [-0.39, 0.29) is 12.0 Å². The first kappa shape index (κ1) is 15.8. The van der Waals surface area contributed by atoms with Crippen LogP contribution in [0, 0.1) is 5.41 Å². The summed E-state index contributed by atoms with van der Waals surface area (Å²) in [7, 11) is 0. The first-order valence-corrected chi connectivity index (χ1v) is 9.18. The summed E-state index contributed by atoms with van der Waals surface area (Å²) < 4.78 is 5.79. The lowest BCUT2D eigenvalue weighted by Crippen LogP contribution is -2.51. The van der Waals surface area contributed by atoms with E-state index in [1.807, 2.05) is 4.90 Å². The van der Waals surface area contributed by atoms with E-state index in [9.17, 15) is 4.79 Å². The van der Waals surface area contributed by atoms with Gasteiger partial charge in [-0.1, -0.05) is 19.3 Å². The molecule has 24 heavy (non-hydrogen) atoms. The first-order valence-electron chi connectivity index (χ1n) is 9.18. The second kappa shape index (κ2) is 6.67. The second-order valence-electron chi connectivity index (χ2n) is 7.42. The Balaban J connectivity index is 1.39. The molecule has 130 valence electrons. The predicted octanol–water partition coefficient (Wildman–Crippen LogP) is 1.86. The molecule has 0 aromatic carbocycles. The third kappa shape index (κ3) is 3.11. The van der Waals surface area contributed by atoms with Gasteiger partial charge in [0.05, 0.1) is 13.2 Å². The minimum absolute atomic E-state index is 0.151. The Bertz CT molecular complexity index is 574. The van der Waals surface area contributed by atoms with Gasteiger partial charge in [-0.2, -0.15) is 0 Å². The van der Waals surface area contributed by atoms with Crippen LogP contribution in [-0.4, -0.2) is 59.7 Å². The molecule has 3 aliphatic rings. The van der Waals surface area contributed by atoms with Crippen LogP contribution in [0.5, 0.6) is 0 Å². The molecule has 0 N–H and O–H groups in total. The molecule has 4 rings (SSSR count). The number of morpholine rings is 1. The Hall–Kier alpha value is -1.69. The smallest absolute Gasteiger partial charge is 0.253 e. The van der Waals surface area contributed by atoms with Crippen LogP contribution in [0.4, 0.5) is 5.95 Å². The van der Waals surface area contributed by atoms with Crippen molar-refractivity contribution in [2.24, 2.45) is 5.41 Å². The Morgan fingerprint density at radius 3 is 2.71 bits per heavy atom. The number of aromatic nitrogens is 2. The third-order valence-electron chi connectivity index (χ3n) is 5.84. The number of rotatable bonds is 2. The number of nitrogens with zero attached hydrogens (tertiary/aromatic N) is 4. The molecule has 1 atom stereocenters. The SMILES string of the molecule is O=C([C@@H]1CN(c2ncccn2)CCO1)N1CCC2(CCCCC2)C1. The molecular weight excluding hydrogens is 304 g/mol. The largest absolute Gasteiger partial charge is 0.365 e. The Labute approximate surface area is 143 Å². The number of carbonyl (C=O) groups is 1. The average Bonchev–Trinajstić information content (AvgIpc) is 3.06. The van der Waals surface area contributed by atoms with Crippen molar-refractivity contribution < 1.29 is 9.53 Å². The number of likely N-dealkylation sites (tertiary alicyclic amines) is 1. The van der Waals surface area contributed by atoms with Crippen LogP contribution in [-0.2, 0) is 9.53 Å². The number of anilines is 1. The van der Waals surface area contributed by atoms with E-state index in [4.69, 9.17) is 4.74 Å². The van der Waals surface area contributed by atoms with E-state index < -0.39 is 0 Å². The lowest BCUT2D eigenvalue weighted by Gasteiger charge is -2.36. The number of hydrogen-bond acceptors (Lipinski definition) is 5. The molecule has 1 aromatic rings. The van der Waals surface area contributed by atoms with E-state index in [0.29, 0.717) is 24.5 Å². The van der Waals surface area contributed by atoms with Gasteiger partial charge >= 0.3 is 0 Å². The minimum Gasteiger partial charge on any atom is -0.365 e. The van der Waals surface area contributed by atoms with Crippen LogP contribution in [0.15, 0.2) is 18.5 Å². The summed E-state index contributed by atoms with van der Waals surface area (Å²) in [6, 6.07) is 1.81. The van der Waals surface area contributed by atoms with Crippen LogP contribution in [0.3, 0.4) is 0 Å². The molecule has 6 nitrogen and oxygen atoms in total. The van der Waals surface area contributed by atoms with Crippen LogP contribution in [0.25, 0.3) is 0 Å². The summed E-state index contributed by atoms with van der Waals surface area (Å²) in [5, 5.41) is 0. The molecule has 1 saturated carbocycles. The van der Waals surface area contributed by atoms with Crippen LogP contribution < -0.4 is 4.90 Å². The first-order chi connectivity index (χ1) is 11.8. The van der Waals surface area contributed by atoms with E-state index in [2.05, 4.69) is 14.9 Å². The highest BCUT2D eigenvalue weighted by molar-refractivity contribution is 5.82. The molecule has 0 bridgehead atoms. The van der Waals surface area contributed by atoms with Gasteiger partial charge in [-0.15, -0.1) is 0 Å². The second-order valence-corrected chi connectivity index (χ2v) is 7.42. The molecule has 2 saturated heterocycles. The summed E-state index contributed by atoms with van der Waals surface area (Å²) in [6.45, 7) is 3.64. The summed E-state index contributed by atoms with van der Waals surface area (Å²) in [5.74, 6) is 0.835. The zero-order valence-electron chi connectivity index (χ0n) is 14.2. The monoisotopic (exact) mass is 330 g/mol. The maximum Gasteiger partial charge on any atom is 0.253 e. The molecule has 1 aromatic heterocycles. The van der Waals surface area contributed by atoms with Crippen molar-refractivity contribution in [2.75, 3.05) is 37.7 Å². The molecule has 3 heterocycles. The highest BCUT2D eigenvalue weighted by Gasteiger charge is 2.42. The number of ether oxygens (including phenoxy) is 1. The van der Waals surface area contributed by atoms with Gasteiger partial charge in [0, 0.05) is 32.0 Å². The average molecular weight is 330 g/mol. The van der Waals surface area contributed by atoms with Crippen molar-refractivity contribution in [3.05, 3.63) is 18.5 Å². The van der Waals surface area contributed by atoms with E-state index in [1.54, 1.807) is 18.5 Å². The van der Waals surface area contributed by atoms with Gasteiger partial charge in [-0.3, -0.25) is 4.79 Å². The number of carbonyl (C=O) groups excluding carboxylic acids is 1. The standard InChI is InChI=1S/C18H26N4O2/c23-16(22-10-7-18(14-22)5-2-1-3-6-18)15-13-21(11-12-24-15)17-19-8-4-9-20-17/h4,8-9,15H,1-3,5-7,10-14H2/t15-/m0/s1. The van der Waals surface area contributed by atoms with Gasteiger partial charge < -0.3 is 14.5 Å². The van der Waals surface area contributed by atoms with Crippen molar-refractivity contribution >= 4 is 11.9 Å². The van der Waals surface area contributed by atoms with Crippen molar-refractivity contribution in [1.29, 1.82) is 0 Å². The fourth-order valence-electron chi connectivity index (χ4n) is 4.47. The molecule has 0 unspecified atom stereocenters. The normalized spacial score (nSPS) is 26.8. The molecule has 1 amide bonds. The summed E-state index contributed by atoms with van der Waals surface area (Å²) in [5.41, 5.74) is 0.394. The molecule has 1 aliphatic carbocycles. The van der Waals surface area contributed by atoms with E-state index in [0.717, 1.165) is 26.1 Å². The van der Waals surface area contributed by atoms with Crippen molar-refractivity contribution in [3.63, 3.8) is 0 Å². The number of hydrogen-bond donors (Lipinski definition) is 0. The Morgan fingerprint density at radius 1 is 1.12 bits per heavy atom. The fraction of sp³-hybridized carbons (Fsp3) is 0.722. The molecule has 3 fully saturated rings. The fourth-order valence-corrected chi connectivity index (χ4v) is 4.47. The zero-order valence-corrected chi connectivity index (χ0v) is 14.2.